The molecule has 0 fully saturated rings. The number of hydrogen-bond acceptors (Lipinski definition) is 2. The third kappa shape index (κ3) is 7.07. The first-order valence-electron chi connectivity index (χ1n) is 13.3. The maximum atomic E-state index is 15.1. The van der Waals surface area contributed by atoms with Crippen LogP contribution >= 0.6 is 0 Å². The van der Waals surface area contributed by atoms with E-state index < -0.39 is 0 Å². The van der Waals surface area contributed by atoms with Gasteiger partial charge in [0.05, 0.1) is 13.2 Å². The molecule has 4 heteroatoms. The summed E-state index contributed by atoms with van der Waals surface area (Å²) < 4.78 is 41.7. The van der Waals surface area contributed by atoms with E-state index in [2.05, 4.69) is 13.8 Å². The fourth-order valence-corrected chi connectivity index (χ4v) is 4.46. The van der Waals surface area contributed by atoms with E-state index in [-0.39, 0.29) is 23.1 Å². The molecule has 0 aliphatic heterocycles. The first-order chi connectivity index (χ1) is 16.7. The van der Waals surface area contributed by atoms with E-state index in [9.17, 15) is 0 Å². The van der Waals surface area contributed by atoms with Gasteiger partial charge in [-0.05, 0) is 47.9 Å². The standard InChI is InChI=1S/C30H40F2O2/c1-3-5-7-9-11-13-21-33-27-19-17-23-24-18-20-28(34-22-14-12-10-8-6-4-2)30(32)26(24)16-15-25(23)29(27)31/h15-20H,3-14,21-22H2,1-2H3. The number of ether oxygens (including phenoxy) is 2. The van der Waals surface area contributed by atoms with Gasteiger partial charge in [-0.3, -0.25) is 0 Å². The third-order valence-electron chi connectivity index (χ3n) is 6.51. The van der Waals surface area contributed by atoms with E-state index in [1.807, 2.05) is 12.1 Å². The molecule has 3 aromatic rings. The SMILES string of the molecule is CCCCCCCCOc1ccc2c(ccc3c(F)c(OCCCCCCCC)ccc32)c1F. The van der Waals surface area contributed by atoms with E-state index in [4.69, 9.17) is 9.47 Å². The summed E-state index contributed by atoms with van der Waals surface area (Å²) in [6.45, 7) is 5.42. The zero-order valence-corrected chi connectivity index (χ0v) is 20.9. The highest BCUT2D eigenvalue weighted by Gasteiger charge is 2.15. The molecule has 3 rings (SSSR count). The summed E-state index contributed by atoms with van der Waals surface area (Å²) in [5.41, 5.74) is 0. The summed E-state index contributed by atoms with van der Waals surface area (Å²) in [5.74, 6) is -0.233. The minimum absolute atomic E-state index is 0.264. The molecule has 0 unspecified atom stereocenters. The van der Waals surface area contributed by atoms with Crippen molar-refractivity contribution in [3.05, 3.63) is 48.0 Å². The molecule has 0 amide bonds. The maximum Gasteiger partial charge on any atom is 0.172 e. The van der Waals surface area contributed by atoms with E-state index in [0.717, 1.165) is 25.7 Å². The van der Waals surface area contributed by atoms with Gasteiger partial charge in [0, 0.05) is 10.8 Å². The van der Waals surface area contributed by atoms with E-state index in [0.29, 0.717) is 34.8 Å². The van der Waals surface area contributed by atoms with Gasteiger partial charge in [0.1, 0.15) is 0 Å². The van der Waals surface area contributed by atoms with Gasteiger partial charge in [-0.1, -0.05) is 90.2 Å². The second kappa shape index (κ2) is 14.1. The van der Waals surface area contributed by atoms with Crippen molar-refractivity contribution in [3.8, 4) is 11.5 Å². The zero-order valence-electron chi connectivity index (χ0n) is 20.9. The van der Waals surface area contributed by atoms with Gasteiger partial charge in [0.2, 0.25) is 0 Å². The normalized spacial score (nSPS) is 11.4. The van der Waals surface area contributed by atoms with Crippen molar-refractivity contribution in [2.24, 2.45) is 0 Å². The quantitative estimate of drug-likeness (QED) is 0.153. The van der Waals surface area contributed by atoms with Gasteiger partial charge in [-0.2, -0.15) is 0 Å². The summed E-state index contributed by atoms with van der Waals surface area (Å²) >= 11 is 0. The van der Waals surface area contributed by atoms with Crippen molar-refractivity contribution in [3.63, 3.8) is 0 Å². The van der Waals surface area contributed by atoms with Gasteiger partial charge in [-0.25, -0.2) is 8.78 Å². The van der Waals surface area contributed by atoms with Crippen LogP contribution in [0.1, 0.15) is 90.9 Å². The molecule has 0 N–H and O–H groups in total. The van der Waals surface area contributed by atoms with Gasteiger partial charge in [0.25, 0.3) is 0 Å². The molecule has 0 atom stereocenters. The van der Waals surface area contributed by atoms with Crippen molar-refractivity contribution >= 4 is 21.5 Å². The molecule has 0 heterocycles. The molecule has 0 aliphatic carbocycles. The Morgan fingerprint density at radius 2 is 0.824 bits per heavy atom. The van der Waals surface area contributed by atoms with E-state index in [1.54, 1.807) is 24.3 Å². The minimum Gasteiger partial charge on any atom is -0.490 e. The lowest BCUT2D eigenvalue weighted by Gasteiger charge is -2.13. The van der Waals surface area contributed by atoms with Crippen LogP contribution < -0.4 is 9.47 Å². The fourth-order valence-electron chi connectivity index (χ4n) is 4.46. The monoisotopic (exact) mass is 470 g/mol. The van der Waals surface area contributed by atoms with Crippen LogP contribution in [0.3, 0.4) is 0 Å². The summed E-state index contributed by atoms with van der Waals surface area (Å²) in [6.07, 6.45) is 13.9. The Bertz CT molecular complexity index is 949. The summed E-state index contributed by atoms with van der Waals surface area (Å²) in [6, 6.07) is 10.3. The van der Waals surface area contributed by atoms with Gasteiger partial charge in [-0.15, -0.1) is 0 Å². The van der Waals surface area contributed by atoms with Crippen LogP contribution in [0.25, 0.3) is 21.5 Å². The molecule has 0 aromatic heterocycles. The molecule has 0 radical (unpaired) electrons. The number of halogens is 2. The summed E-state index contributed by atoms with van der Waals surface area (Å²) in [7, 11) is 0. The highest BCUT2D eigenvalue weighted by Crippen LogP contribution is 2.35. The van der Waals surface area contributed by atoms with E-state index >= 15 is 8.78 Å². The average Bonchev–Trinajstić information content (AvgIpc) is 2.85. The summed E-state index contributed by atoms with van der Waals surface area (Å²) in [5, 5.41) is 2.27. The molecule has 3 aromatic carbocycles. The predicted molar refractivity (Wildman–Crippen MR) is 139 cm³/mol. The third-order valence-corrected chi connectivity index (χ3v) is 6.51. The first kappa shape index (κ1) is 26.2. The second-order valence-corrected chi connectivity index (χ2v) is 9.24. The van der Waals surface area contributed by atoms with Crippen LogP contribution in [-0.4, -0.2) is 13.2 Å². The molecule has 2 nitrogen and oxygen atoms in total. The van der Waals surface area contributed by atoms with Crippen molar-refractivity contribution < 1.29 is 18.3 Å². The highest BCUT2D eigenvalue weighted by atomic mass is 19.1. The van der Waals surface area contributed by atoms with Crippen LogP contribution in [0.4, 0.5) is 8.78 Å². The Balaban J connectivity index is 1.63. The van der Waals surface area contributed by atoms with Crippen molar-refractivity contribution in [1.82, 2.24) is 0 Å². The number of unbranched alkanes of at least 4 members (excludes halogenated alkanes) is 10. The molecule has 0 saturated heterocycles. The van der Waals surface area contributed by atoms with Gasteiger partial charge >= 0.3 is 0 Å². The number of hydrogen-bond donors (Lipinski definition) is 0. The molecule has 0 saturated carbocycles. The Hall–Kier alpha value is -2.36. The van der Waals surface area contributed by atoms with Gasteiger partial charge in [0.15, 0.2) is 23.1 Å². The molecule has 34 heavy (non-hydrogen) atoms. The number of benzene rings is 3. The van der Waals surface area contributed by atoms with Crippen molar-refractivity contribution in [2.75, 3.05) is 13.2 Å². The number of fused-ring (bicyclic) bond motifs is 3. The average molecular weight is 471 g/mol. The van der Waals surface area contributed by atoms with Crippen LogP contribution in [-0.2, 0) is 0 Å². The molecular weight excluding hydrogens is 430 g/mol. The lowest BCUT2D eigenvalue weighted by molar-refractivity contribution is 0.291. The molecule has 0 spiro atoms. The smallest absolute Gasteiger partial charge is 0.172 e. The Morgan fingerprint density at radius 3 is 1.24 bits per heavy atom. The maximum absolute atomic E-state index is 15.1. The van der Waals surface area contributed by atoms with Crippen LogP contribution in [0.5, 0.6) is 11.5 Å². The molecule has 0 aliphatic rings. The lowest BCUT2D eigenvalue weighted by atomic mass is 10.0. The Labute approximate surface area is 203 Å². The van der Waals surface area contributed by atoms with Crippen molar-refractivity contribution in [2.45, 2.75) is 90.9 Å². The van der Waals surface area contributed by atoms with Crippen LogP contribution in [0, 0.1) is 11.6 Å². The van der Waals surface area contributed by atoms with Crippen LogP contribution in [0.2, 0.25) is 0 Å². The fraction of sp³-hybridized carbons (Fsp3) is 0.533. The molecular formula is C30H40F2O2. The predicted octanol–water partition coefficient (Wildman–Crippen LogP) is 9.75. The first-order valence-corrected chi connectivity index (χ1v) is 13.3. The molecule has 0 bridgehead atoms. The second-order valence-electron chi connectivity index (χ2n) is 9.24. The van der Waals surface area contributed by atoms with Crippen molar-refractivity contribution in [1.29, 1.82) is 0 Å². The Morgan fingerprint density at radius 1 is 0.471 bits per heavy atom. The zero-order chi connectivity index (χ0) is 24.2. The largest absolute Gasteiger partial charge is 0.490 e. The topological polar surface area (TPSA) is 18.5 Å². The van der Waals surface area contributed by atoms with Gasteiger partial charge < -0.3 is 9.47 Å². The Kier molecular flexibility index (Phi) is 10.9. The summed E-state index contributed by atoms with van der Waals surface area (Å²) in [4.78, 5) is 0. The van der Waals surface area contributed by atoms with E-state index in [1.165, 1.54) is 51.4 Å². The number of rotatable bonds is 16. The highest BCUT2D eigenvalue weighted by molar-refractivity contribution is 6.08. The molecule has 186 valence electrons. The minimum atomic E-state index is -0.380. The lowest BCUT2D eigenvalue weighted by Crippen LogP contribution is -2.01. The van der Waals surface area contributed by atoms with Crippen LogP contribution in [0.15, 0.2) is 36.4 Å².